The van der Waals surface area contributed by atoms with Gasteiger partial charge >= 0.3 is 0 Å². The van der Waals surface area contributed by atoms with Crippen molar-refractivity contribution in [3.8, 4) is 11.5 Å². The van der Waals surface area contributed by atoms with E-state index >= 15 is 0 Å². The van der Waals surface area contributed by atoms with Crippen LogP contribution in [0.25, 0.3) is 10.9 Å². The van der Waals surface area contributed by atoms with Crippen molar-refractivity contribution in [2.75, 3.05) is 20.8 Å². The molecule has 0 spiro atoms. The molecule has 3 aromatic rings. The van der Waals surface area contributed by atoms with E-state index in [9.17, 15) is 4.79 Å². The number of carbonyl (C=O) groups excluding carboxylic acids is 1. The summed E-state index contributed by atoms with van der Waals surface area (Å²) >= 11 is 0. The first kappa shape index (κ1) is 19.8. The highest BCUT2D eigenvalue weighted by molar-refractivity contribution is 5.85. The molecular formula is C23H28N2O3. The average Bonchev–Trinajstić information content (AvgIpc) is 3.11. The van der Waals surface area contributed by atoms with Crippen LogP contribution >= 0.6 is 0 Å². The number of fused-ring (bicyclic) bond motifs is 1. The number of carbonyl (C=O) groups is 1. The first-order valence-electron chi connectivity index (χ1n) is 9.59. The minimum absolute atomic E-state index is 0.0297. The van der Waals surface area contributed by atoms with Crippen LogP contribution in [0, 0.1) is 5.92 Å². The summed E-state index contributed by atoms with van der Waals surface area (Å²) in [6.45, 7) is 4.71. The molecule has 0 fully saturated rings. The maximum atomic E-state index is 12.9. The van der Waals surface area contributed by atoms with Crippen LogP contribution in [0.15, 0.2) is 48.7 Å². The van der Waals surface area contributed by atoms with Crippen LogP contribution in [-0.2, 0) is 11.2 Å². The van der Waals surface area contributed by atoms with Gasteiger partial charge in [-0.1, -0.05) is 38.1 Å². The average molecular weight is 380 g/mol. The molecule has 0 saturated heterocycles. The van der Waals surface area contributed by atoms with Gasteiger partial charge in [0.15, 0.2) is 11.5 Å². The van der Waals surface area contributed by atoms with Crippen LogP contribution in [0.5, 0.6) is 11.5 Å². The summed E-state index contributed by atoms with van der Waals surface area (Å²) in [4.78, 5) is 16.2. The molecule has 1 unspecified atom stereocenters. The highest BCUT2D eigenvalue weighted by atomic mass is 16.5. The lowest BCUT2D eigenvalue weighted by atomic mass is 9.87. The summed E-state index contributed by atoms with van der Waals surface area (Å²) in [6, 6.07) is 13.9. The summed E-state index contributed by atoms with van der Waals surface area (Å²) < 4.78 is 10.7. The molecule has 0 radical (unpaired) electrons. The third kappa shape index (κ3) is 4.14. The number of hydrogen-bond donors (Lipinski definition) is 2. The number of rotatable bonds is 8. The van der Waals surface area contributed by atoms with Crippen molar-refractivity contribution >= 4 is 16.8 Å². The maximum absolute atomic E-state index is 12.9. The van der Waals surface area contributed by atoms with Crippen molar-refractivity contribution in [2.24, 2.45) is 5.92 Å². The Morgan fingerprint density at radius 3 is 2.54 bits per heavy atom. The topological polar surface area (TPSA) is 63.3 Å². The van der Waals surface area contributed by atoms with Crippen LogP contribution in [0.1, 0.15) is 30.9 Å². The molecule has 1 heterocycles. The fourth-order valence-corrected chi connectivity index (χ4v) is 3.65. The molecule has 28 heavy (non-hydrogen) atoms. The van der Waals surface area contributed by atoms with Crippen LogP contribution < -0.4 is 14.8 Å². The van der Waals surface area contributed by atoms with E-state index in [2.05, 4.69) is 36.3 Å². The van der Waals surface area contributed by atoms with Crippen molar-refractivity contribution in [1.29, 1.82) is 0 Å². The zero-order valence-corrected chi connectivity index (χ0v) is 16.9. The first-order chi connectivity index (χ1) is 13.5. The Morgan fingerprint density at radius 2 is 1.82 bits per heavy atom. The third-order valence-corrected chi connectivity index (χ3v) is 5.08. The van der Waals surface area contributed by atoms with Gasteiger partial charge in [-0.3, -0.25) is 4.79 Å². The summed E-state index contributed by atoms with van der Waals surface area (Å²) in [7, 11) is 3.21. The summed E-state index contributed by atoms with van der Waals surface area (Å²) in [5.74, 6) is 1.24. The second kappa shape index (κ2) is 8.83. The Kier molecular flexibility index (Phi) is 6.24. The molecule has 0 bridgehead atoms. The molecule has 0 saturated carbocycles. The normalized spacial score (nSPS) is 12.2. The van der Waals surface area contributed by atoms with Crippen molar-refractivity contribution in [3.63, 3.8) is 0 Å². The summed E-state index contributed by atoms with van der Waals surface area (Å²) in [5.41, 5.74) is 3.26. The fraction of sp³-hybridized carbons (Fsp3) is 0.348. The lowest BCUT2D eigenvalue weighted by molar-refractivity contribution is -0.123. The lowest BCUT2D eigenvalue weighted by Crippen LogP contribution is -2.33. The van der Waals surface area contributed by atoms with Crippen LogP contribution in [0.3, 0.4) is 0 Å². The summed E-state index contributed by atoms with van der Waals surface area (Å²) in [5, 5.41) is 4.31. The zero-order chi connectivity index (χ0) is 20.1. The largest absolute Gasteiger partial charge is 0.493 e. The Bertz CT molecular complexity index is 946. The fourth-order valence-electron chi connectivity index (χ4n) is 3.65. The number of hydrogen-bond acceptors (Lipinski definition) is 3. The Labute approximate surface area is 166 Å². The van der Waals surface area contributed by atoms with Crippen molar-refractivity contribution in [2.45, 2.75) is 26.2 Å². The molecule has 5 heteroatoms. The van der Waals surface area contributed by atoms with Gasteiger partial charge in [0.1, 0.15) is 0 Å². The number of benzene rings is 2. The molecular weight excluding hydrogens is 352 g/mol. The second-order valence-electron chi connectivity index (χ2n) is 7.24. The molecule has 5 nitrogen and oxygen atoms in total. The molecule has 1 amide bonds. The van der Waals surface area contributed by atoms with Gasteiger partial charge in [-0.05, 0) is 41.7 Å². The number of aromatic nitrogens is 1. The van der Waals surface area contributed by atoms with E-state index in [4.69, 9.17) is 9.47 Å². The molecule has 3 rings (SSSR count). The standard InChI is InChI=1S/C23H28N2O3/c1-15(2)22(16-9-10-20(27-3)21(13-16)28-4)23(26)24-12-11-17-14-25-19-8-6-5-7-18(17)19/h5-10,13-15,22,25H,11-12H2,1-4H3,(H,24,26). The lowest BCUT2D eigenvalue weighted by Gasteiger charge is -2.22. The predicted molar refractivity (Wildman–Crippen MR) is 112 cm³/mol. The molecule has 0 aliphatic heterocycles. The molecule has 0 aliphatic rings. The zero-order valence-electron chi connectivity index (χ0n) is 16.9. The van der Waals surface area contributed by atoms with Gasteiger partial charge in [0.25, 0.3) is 0 Å². The van der Waals surface area contributed by atoms with Crippen LogP contribution in [0.4, 0.5) is 0 Å². The molecule has 2 aromatic carbocycles. The van der Waals surface area contributed by atoms with Gasteiger partial charge in [0.05, 0.1) is 20.1 Å². The maximum Gasteiger partial charge on any atom is 0.227 e. The van der Waals surface area contributed by atoms with Gasteiger partial charge in [-0.2, -0.15) is 0 Å². The van der Waals surface area contributed by atoms with Gasteiger partial charge < -0.3 is 19.8 Å². The third-order valence-electron chi connectivity index (χ3n) is 5.08. The van der Waals surface area contributed by atoms with E-state index in [1.54, 1.807) is 14.2 Å². The highest BCUT2D eigenvalue weighted by Crippen LogP contribution is 2.33. The molecule has 2 N–H and O–H groups in total. The second-order valence-corrected chi connectivity index (χ2v) is 7.24. The van der Waals surface area contributed by atoms with Crippen molar-refractivity contribution in [1.82, 2.24) is 10.3 Å². The number of aromatic amines is 1. The monoisotopic (exact) mass is 380 g/mol. The van der Waals surface area contributed by atoms with Gasteiger partial charge in [0, 0.05) is 23.6 Å². The van der Waals surface area contributed by atoms with Crippen molar-refractivity contribution in [3.05, 3.63) is 59.8 Å². The Morgan fingerprint density at radius 1 is 1.07 bits per heavy atom. The number of nitrogens with one attached hydrogen (secondary N) is 2. The number of methoxy groups -OCH3 is 2. The summed E-state index contributed by atoms with van der Waals surface area (Å²) in [6.07, 6.45) is 2.80. The minimum Gasteiger partial charge on any atom is -0.493 e. The first-order valence-corrected chi connectivity index (χ1v) is 9.59. The number of H-pyrrole nitrogens is 1. The van der Waals surface area contributed by atoms with Gasteiger partial charge in [-0.25, -0.2) is 0 Å². The molecule has 0 aliphatic carbocycles. The van der Waals surface area contributed by atoms with E-state index < -0.39 is 0 Å². The van der Waals surface area contributed by atoms with Gasteiger partial charge in [-0.15, -0.1) is 0 Å². The quantitative estimate of drug-likeness (QED) is 0.613. The van der Waals surface area contributed by atoms with Crippen molar-refractivity contribution < 1.29 is 14.3 Å². The SMILES string of the molecule is COc1ccc(C(C(=O)NCCc2c[nH]c3ccccc23)C(C)C)cc1OC. The smallest absolute Gasteiger partial charge is 0.227 e. The van der Waals surface area contributed by atoms with E-state index in [-0.39, 0.29) is 17.7 Å². The number of para-hydroxylation sites is 1. The molecule has 148 valence electrons. The van der Waals surface area contributed by atoms with E-state index in [1.807, 2.05) is 36.5 Å². The van der Waals surface area contributed by atoms with Crippen LogP contribution in [-0.4, -0.2) is 31.7 Å². The predicted octanol–water partition coefficient (Wildman–Crippen LogP) is 4.28. The number of amides is 1. The van der Waals surface area contributed by atoms with Gasteiger partial charge in [0.2, 0.25) is 5.91 Å². The van der Waals surface area contributed by atoms with E-state index in [0.717, 1.165) is 17.5 Å². The molecule has 1 aromatic heterocycles. The van der Waals surface area contributed by atoms with E-state index in [1.165, 1.54) is 10.9 Å². The highest BCUT2D eigenvalue weighted by Gasteiger charge is 2.25. The van der Waals surface area contributed by atoms with Crippen LogP contribution in [0.2, 0.25) is 0 Å². The Balaban J connectivity index is 1.70. The molecule has 1 atom stereocenters. The minimum atomic E-state index is -0.247. The van der Waals surface area contributed by atoms with E-state index in [0.29, 0.717) is 18.0 Å². The Hall–Kier alpha value is -2.95. The number of ether oxygens (including phenoxy) is 2.